The molecule has 0 amide bonds. The Hall–Kier alpha value is -3.75. The minimum atomic E-state index is -5.05. The minimum Gasteiger partial charge on any atom is -0.490 e. The van der Waals surface area contributed by atoms with Gasteiger partial charge in [-0.2, -0.15) is 34.8 Å². The van der Waals surface area contributed by atoms with Crippen molar-refractivity contribution in [1.82, 2.24) is 0 Å². The molecular formula is C23H22F6N2O10S2. The average Bonchev–Trinajstić information content (AvgIpc) is 2.89. The fraction of sp³-hybridized carbons (Fsp3) is 0.348. The van der Waals surface area contributed by atoms with Gasteiger partial charge in [-0.3, -0.25) is 13.4 Å². The number of rotatable bonds is 15. The van der Waals surface area contributed by atoms with E-state index in [1.54, 1.807) is 0 Å². The Morgan fingerprint density at radius 3 is 1.65 bits per heavy atom. The molecule has 20 heteroatoms. The van der Waals surface area contributed by atoms with E-state index in [9.17, 15) is 39.6 Å². The molecular weight excluding hydrogens is 642 g/mol. The van der Waals surface area contributed by atoms with E-state index in [1.165, 1.54) is 12.1 Å². The highest BCUT2D eigenvalue weighted by Gasteiger charge is 2.39. The maximum atomic E-state index is 13.3. The lowest BCUT2D eigenvalue weighted by Crippen LogP contribution is -2.30. The van der Waals surface area contributed by atoms with Gasteiger partial charge >= 0.3 is 28.4 Å². The third-order valence-corrected chi connectivity index (χ3v) is 5.19. The van der Waals surface area contributed by atoms with Crippen LogP contribution in [-0.4, -0.2) is 70.8 Å². The van der Waals surface area contributed by atoms with Crippen molar-refractivity contribution in [3.8, 4) is 11.5 Å². The van der Waals surface area contributed by atoms with Crippen LogP contribution < -0.4 is 9.47 Å². The molecule has 0 radical (unpaired) electrons. The molecule has 1 atom stereocenters. The molecule has 0 aliphatic rings. The molecule has 0 N–H and O–H groups in total. The van der Waals surface area contributed by atoms with Crippen LogP contribution in [0.5, 0.6) is 11.5 Å². The molecule has 0 heterocycles. The van der Waals surface area contributed by atoms with Gasteiger partial charge in [-0.05, 0) is 48.5 Å². The maximum absolute atomic E-state index is 13.3. The second-order valence-electron chi connectivity index (χ2n) is 7.93. The number of carbonyl (C=O) groups is 1. The van der Waals surface area contributed by atoms with Gasteiger partial charge in [0.05, 0.1) is 13.4 Å². The van der Waals surface area contributed by atoms with Crippen LogP contribution in [0.4, 0.5) is 26.3 Å². The quantitative estimate of drug-likeness (QED) is 0.0496. The van der Waals surface area contributed by atoms with Crippen LogP contribution in [0.15, 0.2) is 58.8 Å². The molecule has 238 valence electrons. The highest BCUT2D eigenvalue weighted by molar-refractivity contribution is 7.89. The van der Waals surface area contributed by atoms with Crippen molar-refractivity contribution in [3.63, 3.8) is 0 Å². The Kier molecular flexibility index (Phi) is 12.9. The van der Waals surface area contributed by atoms with Gasteiger partial charge in [0.25, 0.3) is 12.3 Å². The Morgan fingerprint density at radius 1 is 0.837 bits per heavy atom. The van der Waals surface area contributed by atoms with Gasteiger partial charge in [0.1, 0.15) is 24.7 Å². The number of esters is 1. The minimum absolute atomic E-state index is 0.0334. The van der Waals surface area contributed by atoms with Gasteiger partial charge in [0.2, 0.25) is 0 Å². The summed E-state index contributed by atoms with van der Waals surface area (Å²) in [5.41, 5.74) is -3.89. The monoisotopic (exact) mass is 664 g/mol. The molecule has 0 fully saturated rings. The molecule has 2 rings (SSSR count). The van der Waals surface area contributed by atoms with Gasteiger partial charge in [-0.25, -0.2) is 4.89 Å². The van der Waals surface area contributed by atoms with Gasteiger partial charge in [0, 0.05) is 18.1 Å². The zero-order valence-corrected chi connectivity index (χ0v) is 23.8. The summed E-state index contributed by atoms with van der Waals surface area (Å²) >= 11 is 0.0569. The topological polar surface area (TPSA) is 141 Å². The number of benzene rings is 2. The zero-order chi connectivity index (χ0) is 32.3. The predicted molar refractivity (Wildman–Crippen MR) is 137 cm³/mol. The SMILES string of the molecule is COOSO/N=C(/c1ccc(OCC(COc2ccc(/C(=N/OS(C)(=O)=O)C(F)(F)F)cc2)OC(C)=O)cc1)C(F)(F)F. The van der Waals surface area contributed by atoms with Crippen molar-refractivity contribution in [2.24, 2.45) is 10.3 Å². The normalized spacial score (nSPS) is 13.7. The summed E-state index contributed by atoms with van der Waals surface area (Å²) in [6.45, 7) is 0.445. The highest BCUT2D eigenvalue weighted by Crippen LogP contribution is 2.26. The number of alkyl halides is 6. The van der Waals surface area contributed by atoms with Crippen LogP contribution in [0.1, 0.15) is 18.1 Å². The van der Waals surface area contributed by atoms with E-state index >= 15 is 0 Å². The van der Waals surface area contributed by atoms with Crippen LogP contribution in [0.3, 0.4) is 0 Å². The molecule has 2 aromatic rings. The van der Waals surface area contributed by atoms with Gasteiger partial charge in [0.15, 0.2) is 17.5 Å². The summed E-state index contributed by atoms with van der Waals surface area (Å²) in [5, 5.41) is 5.66. The number of nitrogens with zero attached hydrogens (tertiary/aromatic N) is 2. The fourth-order valence-electron chi connectivity index (χ4n) is 2.88. The van der Waals surface area contributed by atoms with Gasteiger partial charge < -0.3 is 14.2 Å². The molecule has 1 unspecified atom stereocenters. The summed E-state index contributed by atoms with van der Waals surface area (Å²) in [7, 11) is -3.19. The van der Waals surface area contributed by atoms with Gasteiger partial charge in [-0.15, -0.1) is 4.33 Å². The smallest absolute Gasteiger partial charge is 0.437 e. The number of carbonyl (C=O) groups excluding carboxylic acids is 1. The van der Waals surface area contributed by atoms with Crippen LogP contribution >= 0.6 is 12.3 Å². The summed E-state index contributed by atoms with van der Waals surface area (Å²) in [6.07, 6.45) is -10.4. The molecule has 43 heavy (non-hydrogen) atoms. The molecule has 0 aliphatic carbocycles. The molecule has 12 nitrogen and oxygen atoms in total. The van der Waals surface area contributed by atoms with Crippen LogP contribution in [0.25, 0.3) is 0 Å². The van der Waals surface area contributed by atoms with Crippen molar-refractivity contribution in [1.29, 1.82) is 0 Å². The Morgan fingerprint density at radius 2 is 1.28 bits per heavy atom. The summed E-state index contributed by atoms with van der Waals surface area (Å²) < 4.78 is 130. The van der Waals surface area contributed by atoms with E-state index in [0.717, 1.165) is 50.4 Å². The number of oxime groups is 2. The lowest BCUT2D eigenvalue weighted by atomic mass is 10.1. The summed E-state index contributed by atoms with van der Waals surface area (Å²) in [6, 6.07) is 8.59. The molecule has 2 aromatic carbocycles. The lowest BCUT2D eigenvalue weighted by molar-refractivity contribution is -0.166. The fourth-order valence-corrected chi connectivity index (χ4v) is 3.28. The average molecular weight is 665 g/mol. The van der Waals surface area contributed by atoms with Crippen molar-refractivity contribution >= 4 is 39.8 Å². The molecule has 0 aromatic heterocycles. The third kappa shape index (κ3) is 13.0. The van der Waals surface area contributed by atoms with Crippen LogP contribution in [-0.2, 0) is 37.4 Å². The first-order valence-electron chi connectivity index (χ1n) is 11.4. The van der Waals surface area contributed by atoms with E-state index in [1.807, 2.05) is 0 Å². The number of ether oxygens (including phenoxy) is 3. The van der Waals surface area contributed by atoms with Crippen molar-refractivity contribution < 1.29 is 71.6 Å². The Balaban J connectivity index is 2.07. The van der Waals surface area contributed by atoms with E-state index in [-0.39, 0.29) is 42.6 Å². The standard InChI is InChI=1S/C23H22F6N2O10S2/c1-14(32)38-19(12-36-17-8-4-15(5-9-17)20(22(24,25)26)30-39-42-41-35-2)13-37-18-10-6-16(7-11-18)21(23(27,28)29)31-40-43(3,33)34/h4-11,19H,12-13H2,1-3H3/b30-20-,31-21-. The van der Waals surface area contributed by atoms with Crippen LogP contribution in [0.2, 0.25) is 0 Å². The Bertz CT molecular complexity index is 1370. The molecule has 0 spiro atoms. The van der Waals surface area contributed by atoms with Crippen molar-refractivity contribution in [2.75, 3.05) is 26.6 Å². The second-order valence-corrected chi connectivity index (χ2v) is 9.91. The van der Waals surface area contributed by atoms with Crippen LogP contribution in [0, 0.1) is 0 Å². The van der Waals surface area contributed by atoms with E-state index < -0.39 is 51.5 Å². The maximum Gasteiger partial charge on any atom is 0.437 e. The molecule has 0 bridgehead atoms. The first-order chi connectivity index (χ1) is 20.0. The highest BCUT2D eigenvalue weighted by atomic mass is 32.2. The number of hydrogen-bond donors (Lipinski definition) is 0. The Labute approximate surface area is 244 Å². The molecule has 0 saturated heterocycles. The van der Waals surface area contributed by atoms with E-state index in [4.69, 9.17) is 14.2 Å². The van der Waals surface area contributed by atoms with E-state index in [0.29, 0.717) is 6.26 Å². The zero-order valence-electron chi connectivity index (χ0n) is 22.2. The molecule has 0 aliphatic heterocycles. The lowest BCUT2D eigenvalue weighted by Gasteiger charge is -2.19. The van der Waals surface area contributed by atoms with Gasteiger partial charge in [-0.1, -0.05) is 10.3 Å². The summed E-state index contributed by atoms with van der Waals surface area (Å²) in [5.74, 6) is -0.604. The number of hydrogen-bond acceptors (Lipinski definition) is 13. The van der Waals surface area contributed by atoms with Crippen molar-refractivity contribution in [2.45, 2.75) is 25.4 Å². The van der Waals surface area contributed by atoms with E-state index in [2.05, 4.69) is 28.1 Å². The number of halogens is 6. The largest absolute Gasteiger partial charge is 0.490 e. The second kappa shape index (κ2) is 15.6. The molecule has 0 saturated carbocycles. The first-order valence-corrected chi connectivity index (χ1v) is 13.8. The first kappa shape index (κ1) is 35.4. The predicted octanol–water partition coefficient (Wildman–Crippen LogP) is 4.74. The third-order valence-electron chi connectivity index (χ3n) is 4.52. The van der Waals surface area contributed by atoms with Crippen molar-refractivity contribution in [3.05, 3.63) is 59.7 Å². The summed E-state index contributed by atoms with van der Waals surface area (Å²) in [4.78, 5) is 15.7.